The Morgan fingerprint density at radius 1 is 0.969 bits per heavy atom. The van der Waals surface area contributed by atoms with Gasteiger partial charge in [-0.15, -0.1) is 0 Å². The lowest BCUT2D eigenvalue weighted by Gasteiger charge is -2.42. The molecule has 176 valence electrons. The van der Waals surface area contributed by atoms with Crippen molar-refractivity contribution in [1.82, 2.24) is 0 Å². The first kappa shape index (κ1) is 25.6. The van der Waals surface area contributed by atoms with Crippen LogP contribution in [0.15, 0.2) is 24.3 Å². The van der Waals surface area contributed by atoms with Gasteiger partial charge in [0, 0.05) is 39.0 Å². The minimum atomic E-state index is -1.54. The Kier molecular flexibility index (Phi) is 9.48. The Hall–Kier alpha value is -2.63. The van der Waals surface area contributed by atoms with E-state index in [1.165, 1.54) is 13.8 Å². The summed E-state index contributed by atoms with van der Waals surface area (Å²) in [5, 5.41) is 10.8. The standard InChI is InChI=1S/C21H26O10S/c1-11(22)27-9-17-19(28-12(2)23)20(29-13(3)24)18(26)21(31-17)30-16-8-6-5-7-15(16)10-32-14(4)25/h5-8,17-21,26H,9-10H2,1-4H3/t17-,18-,19+,20-,21-/m1/s1. The molecule has 0 unspecified atom stereocenters. The minimum absolute atomic E-state index is 0.0747. The van der Waals surface area contributed by atoms with E-state index in [0.717, 1.165) is 25.6 Å². The SMILES string of the molecule is CC(=O)OC[C@H]1O[C@@H](Oc2ccccc2CSC(C)=O)[C@H](O)[C@@H](OC(C)=O)[C@H]1OC(C)=O. The molecule has 32 heavy (non-hydrogen) atoms. The summed E-state index contributed by atoms with van der Waals surface area (Å²) >= 11 is 1.08. The monoisotopic (exact) mass is 470 g/mol. The number of hydrogen-bond acceptors (Lipinski definition) is 11. The third-order valence-corrected chi connectivity index (χ3v) is 5.18. The van der Waals surface area contributed by atoms with Crippen LogP contribution in [0.25, 0.3) is 0 Å². The van der Waals surface area contributed by atoms with Gasteiger partial charge in [-0.05, 0) is 6.07 Å². The molecule has 11 heteroatoms. The van der Waals surface area contributed by atoms with Crippen LogP contribution < -0.4 is 4.74 Å². The van der Waals surface area contributed by atoms with Crippen molar-refractivity contribution in [3.8, 4) is 5.75 Å². The fourth-order valence-corrected chi connectivity index (χ4v) is 3.62. The number of aliphatic hydroxyl groups is 1. The number of carbonyl (C=O) groups excluding carboxylic acids is 4. The number of hydrogen-bond donors (Lipinski definition) is 1. The van der Waals surface area contributed by atoms with Crippen LogP contribution in [0, 0.1) is 0 Å². The minimum Gasteiger partial charge on any atom is -0.463 e. The van der Waals surface area contributed by atoms with E-state index in [1.54, 1.807) is 24.3 Å². The second kappa shape index (κ2) is 11.8. The van der Waals surface area contributed by atoms with Crippen molar-refractivity contribution in [2.45, 2.75) is 64.2 Å². The maximum Gasteiger partial charge on any atom is 0.303 e. The quantitative estimate of drug-likeness (QED) is 0.436. The number of rotatable bonds is 8. The molecule has 2 rings (SSSR count). The third-order valence-electron chi connectivity index (χ3n) is 4.32. The molecule has 0 radical (unpaired) electrons. The van der Waals surface area contributed by atoms with Gasteiger partial charge >= 0.3 is 17.9 Å². The average molecular weight is 470 g/mol. The molecule has 1 aromatic carbocycles. The zero-order valence-corrected chi connectivity index (χ0v) is 19.0. The van der Waals surface area contributed by atoms with Crippen molar-refractivity contribution in [3.63, 3.8) is 0 Å². The Morgan fingerprint density at radius 2 is 1.59 bits per heavy atom. The van der Waals surface area contributed by atoms with Crippen molar-refractivity contribution in [2.24, 2.45) is 0 Å². The topological polar surface area (TPSA) is 135 Å². The summed E-state index contributed by atoms with van der Waals surface area (Å²) in [6, 6.07) is 6.85. The van der Waals surface area contributed by atoms with Crippen LogP contribution in [0.5, 0.6) is 5.75 Å². The molecule has 1 saturated heterocycles. The largest absolute Gasteiger partial charge is 0.463 e. The van der Waals surface area contributed by atoms with Gasteiger partial charge in [0.05, 0.1) is 0 Å². The molecule has 1 fully saturated rings. The average Bonchev–Trinajstić information content (AvgIpc) is 2.70. The van der Waals surface area contributed by atoms with Gasteiger partial charge in [0.15, 0.2) is 23.4 Å². The van der Waals surface area contributed by atoms with Gasteiger partial charge in [-0.3, -0.25) is 19.2 Å². The van der Waals surface area contributed by atoms with Crippen molar-refractivity contribution >= 4 is 34.8 Å². The molecule has 0 bridgehead atoms. The third kappa shape index (κ3) is 7.50. The molecule has 1 N–H and O–H groups in total. The van der Waals surface area contributed by atoms with Gasteiger partial charge in [-0.25, -0.2) is 0 Å². The van der Waals surface area contributed by atoms with Gasteiger partial charge in [0.1, 0.15) is 18.5 Å². The van der Waals surface area contributed by atoms with E-state index in [0.29, 0.717) is 17.1 Å². The smallest absolute Gasteiger partial charge is 0.303 e. The first-order chi connectivity index (χ1) is 15.1. The van der Waals surface area contributed by atoms with Crippen molar-refractivity contribution in [2.75, 3.05) is 6.61 Å². The Balaban J connectivity index is 2.32. The van der Waals surface area contributed by atoms with E-state index >= 15 is 0 Å². The lowest BCUT2D eigenvalue weighted by atomic mass is 9.98. The molecular weight excluding hydrogens is 444 g/mol. The Labute approximate surface area is 189 Å². The summed E-state index contributed by atoms with van der Waals surface area (Å²) in [5.41, 5.74) is 0.672. The normalized spacial score (nSPS) is 24.8. The highest BCUT2D eigenvalue weighted by molar-refractivity contribution is 8.12. The lowest BCUT2D eigenvalue weighted by molar-refractivity contribution is -0.285. The zero-order valence-electron chi connectivity index (χ0n) is 18.1. The number of para-hydroxylation sites is 1. The first-order valence-electron chi connectivity index (χ1n) is 9.77. The molecule has 0 aromatic heterocycles. The summed E-state index contributed by atoms with van der Waals surface area (Å²) in [7, 11) is 0. The maximum absolute atomic E-state index is 11.7. The zero-order chi connectivity index (χ0) is 23.8. The number of aliphatic hydroxyl groups excluding tert-OH is 1. The fourth-order valence-electron chi connectivity index (χ4n) is 3.03. The van der Waals surface area contributed by atoms with E-state index in [1.807, 2.05) is 0 Å². The molecule has 1 aromatic rings. The van der Waals surface area contributed by atoms with Crippen LogP contribution in [-0.4, -0.2) is 65.4 Å². The van der Waals surface area contributed by atoms with Gasteiger partial charge in [0.2, 0.25) is 6.29 Å². The summed E-state index contributed by atoms with van der Waals surface area (Å²) in [6.07, 6.45) is -6.55. The van der Waals surface area contributed by atoms with E-state index in [2.05, 4.69) is 0 Å². The van der Waals surface area contributed by atoms with Crippen molar-refractivity contribution in [3.05, 3.63) is 29.8 Å². The summed E-state index contributed by atoms with van der Waals surface area (Å²) in [4.78, 5) is 45.9. The van der Waals surface area contributed by atoms with Crippen LogP contribution in [-0.2, 0) is 43.9 Å². The van der Waals surface area contributed by atoms with E-state index in [4.69, 9.17) is 23.7 Å². The van der Waals surface area contributed by atoms with Crippen LogP contribution in [0.4, 0.5) is 0 Å². The molecule has 0 amide bonds. The predicted octanol–water partition coefficient (Wildman–Crippen LogP) is 1.36. The number of carbonyl (C=O) groups is 4. The van der Waals surface area contributed by atoms with E-state index in [-0.39, 0.29) is 11.7 Å². The summed E-state index contributed by atoms with van der Waals surface area (Å²) in [5.74, 6) is -1.37. The molecule has 1 heterocycles. The fraction of sp³-hybridized carbons (Fsp3) is 0.524. The highest BCUT2D eigenvalue weighted by Gasteiger charge is 2.51. The summed E-state index contributed by atoms with van der Waals surface area (Å²) < 4.78 is 27.1. The number of thioether (sulfide) groups is 1. The highest BCUT2D eigenvalue weighted by atomic mass is 32.2. The first-order valence-corrected chi connectivity index (χ1v) is 10.8. The predicted molar refractivity (Wildman–Crippen MR) is 111 cm³/mol. The van der Waals surface area contributed by atoms with E-state index in [9.17, 15) is 24.3 Å². The van der Waals surface area contributed by atoms with Gasteiger partial charge in [-0.2, -0.15) is 0 Å². The molecular formula is C21H26O10S. The Morgan fingerprint density at radius 3 is 2.19 bits per heavy atom. The van der Waals surface area contributed by atoms with Crippen LogP contribution in [0.1, 0.15) is 33.3 Å². The second-order valence-electron chi connectivity index (χ2n) is 6.99. The summed E-state index contributed by atoms with van der Waals surface area (Å²) in [6.45, 7) is 4.59. The maximum atomic E-state index is 11.7. The van der Waals surface area contributed by atoms with Crippen molar-refractivity contribution < 1.29 is 48.0 Å². The molecule has 1 aliphatic heterocycles. The van der Waals surface area contributed by atoms with Crippen LogP contribution >= 0.6 is 11.8 Å². The molecule has 1 aliphatic rings. The molecule has 0 spiro atoms. The number of ether oxygens (including phenoxy) is 5. The van der Waals surface area contributed by atoms with Crippen LogP contribution in [0.2, 0.25) is 0 Å². The van der Waals surface area contributed by atoms with E-state index < -0.39 is 48.6 Å². The molecule has 10 nitrogen and oxygen atoms in total. The molecule has 0 saturated carbocycles. The number of benzene rings is 1. The van der Waals surface area contributed by atoms with Gasteiger partial charge in [0.25, 0.3) is 0 Å². The second-order valence-corrected chi connectivity index (χ2v) is 8.14. The Bertz CT molecular complexity index is 842. The molecule has 0 aliphatic carbocycles. The van der Waals surface area contributed by atoms with Crippen molar-refractivity contribution in [1.29, 1.82) is 0 Å². The van der Waals surface area contributed by atoms with Gasteiger partial charge in [-0.1, -0.05) is 30.0 Å². The number of esters is 3. The lowest BCUT2D eigenvalue weighted by Crippen LogP contribution is -2.62. The highest BCUT2D eigenvalue weighted by Crippen LogP contribution is 2.31. The van der Waals surface area contributed by atoms with Crippen LogP contribution in [0.3, 0.4) is 0 Å². The molecule has 5 atom stereocenters. The van der Waals surface area contributed by atoms with Gasteiger partial charge < -0.3 is 28.8 Å².